The van der Waals surface area contributed by atoms with Crippen LogP contribution in [0.1, 0.15) is 35.2 Å². The van der Waals surface area contributed by atoms with E-state index >= 15 is 0 Å². The zero-order chi connectivity index (χ0) is 17.6. The number of ketones is 1. The minimum absolute atomic E-state index is 0.145. The molecule has 0 aromatic heterocycles. The summed E-state index contributed by atoms with van der Waals surface area (Å²) in [6.45, 7) is 0. The quantitative estimate of drug-likeness (QED) is 0.610. The molecule has 0 saturated carbocycles. The van der Waals surface area contributed by atoms with Crippen LogP contribution in [0.25, 0.3) is 5.76 Å². The van der Waals surface area contributed by atoms with Gasteiger partial charge < -0.3 is 4.74 Å². The molecular formula is C21H17NO3. The van der Waals surface area contributed by atoms with E-state index in [2.05, 4.69) is 0 Å². The van der Waals surface area contributed by atoms with Crippen molar-refractivity contribution in [3.8, 4) is 6.07 Å². The van der Waals surface area contributed by atoms with Crippen LogP contribution in [0, 0.1) is 17.2 Å². The van der Waals surface area contributed by atoms with Gasteiger partial charge in [-0.05, 0) is 12.8 Å². The topological polar surface area (TPSA) is 67.2 Å². The van der Waals surface area contributed by atoms with E-state index in [0.29, 0.717) is 35.3 Å². The van der Waals surface area contributed by atoms with Gasteiger partial charge in [0, 0.05) is 23.1 Å². The first-order chi connectivity index (χ1) is 12.2. The van der Waals surface area contributed by atoms with Crippen LogP contribution in [0.4, 0.5) is 0 Å². The van der Waals surface area contributed by atoms with Crippen molar-refractivity contribution in [2.75, 3.05) is 0 Å². The van der Waals surface area contributed by atoms with Gasteiger partial charge in [0.2, 0.25) is 0 Å². The van der Waals surface area contributed by atoms with E-state index in [1.807, 2.05) is 42.5 Å². The number of nitrogens with zero attached hydrogens (tertiary/aromatic N) is 1. The number of benzene rings is 2. The highest BCUT2D eigenvalue weighted by molar-refractivity contribution is 6.14. The first-order valence-corrected chi connectivity index (χ1v) is 8.17. The number of allylic oxidation sites excluding steroid dienone is 1. The molecule has 2 aromatic carbocycles. The van der Waals surface area contributed by atoms with E-state index in [1.54, 1.807) is 24.3 Å². The molecule has 3 rings (SSSR count). The maximum atomic E-state index is 13.0. The Bertz CT molecular complexity index is 848. The van der Waals surface area contributed by atoms with E-state index in [1.165, 1.54) is 0 Å². The monoisotopic (exact) mass is 331 g/mol. The van der Waals surface area contributed by atoms with E-state index in [-0.39, 0.29) is 18.2 Å². The molecule has 0 spiro atoms. The number of nitriles is 1. The lowest BCUT2D eigenvalue weighted by molar-refractivity contribution is -0.142. The molecule has 0 aliphatic carbocycles. The number of cyclic esters (lactones) is 1. The fourth-order valence-electron chi connectivity index (χ4n) is 2.91. The van der Waals surface area contributed by atoms with E-state index in [4.69, 9.17) is 10.00 Å². The van der Waals surface area contributed by atoms with Crippen LogP contribution in [0.15, 0.2) is 66.2 Å². The third-order valence-electron chi connectivity index (χ3n) is 4.21. The average molecular weight is 331 g/mol. The summed E-state index contributed by atoms with van der Waals surface area (Å²) in [5.74, 6) is -0.657. The molecule has 4 heteroatoms. The third kappa shape index (κ3) is 3.67. The summed E-state index contributed by atoms with van der Waals surface area (Å²) in [6, 6.07) is 20.2. The lowest BCUT2D eigenvalue weighted by atomic mass is 9.87. The van der Waals surface area contributed by atoms with Crippen molar-refractivity contribution in [1.82, 2.24) is 0 Å². The van der Waals surface area contributed by atoms with E-state index < -0.39 is 5.92 Å². The molecule has 1 heterocycles. The first-order valence-electron chi connectivity index (χ1n) is 8.17. The molecule has 1 atom stereocenters. The third-order valence-corrected chi connectivity index (χ3v) is 4.21. The summed E-state index contributed by atoms with van der Waals surface area (Å²) in [4.78, 5) is 25.3. The number of rotatable bonds is 5. The highest BCUT2D eigenvalue weighted by Gasteiger charge is 2.34. The molecule has 4 nitrogen and oxygen atoms in total. The summed E-state index contributed by atoms with van der Waals surface area (Å²) < 4.78 is 5.55. The molecule has 2 aromatic rings. The summed E-state index contributed by atoms with van der Waals surface area (Å²) in [5.41, 5.74) is 1.75. The van der Waals surface area contributed by atoms with Gasteiger partial charge in [-0.2, -0.15) is 5.26 Å². The second kappa shape index (κ2) is 7.59. The lowest BCUT2D eigenvalue weighted by Gasteiger charge is -2.25. The summed E-state index contributed by atoms with van der Waals surface area (Å²) in [7, 11) is 0. The number of Topliss-reactive ketones (excluding diaryl/α,β-unsaturated/α-hetero) is 1. The Morgan fingerprint density at radius 2 is 1.72 bits per heavy atom. The van der Waals surface area contributed by atoms with Gasteiger partial charge in [-0.25, -0.2) is 0 Å². The fraction of sp³-hybridized carbons (Fsp3) is 0.190. The van der Waals surface area contributed by atoms with Gasteiger partial charge in [-0.1, -0.05) is 60.7 Å². The predicted molar refractivity (Wildman–Crippen MR) is 93.2 cm³/mol. The molecule has 1 aliphatic rings. The van der Waals surface area contributed by atoms with Crippen molar-refractivity contribution >= 4 is 17.5 Å². The smallest absolute Gasteiger partial charge is 0.314 e. The van der Waals surface area contributed by atoms with Crippen molar-refractivity contribution in [3.05, 3.63) is 77.4 Å². The summed E-state index contributed by atoms with van der Waals surface area (Å²) in [5, 5.41) is 8.79. The standard InChI is InChI=1S/C21H17NO3/c22-13-7-12-17-14-18(19(23)15-8-3-1-4-9-15)20(25-21(17)24)16-10-5-2-6-11-16/h1-6,8-11,17H,7,12,14H2. The van der Waals surface area contributed by atoms with Gasteiger partial charge >= 0.3 is 5.97 Å². The van der Waals surface area contributed by atoms with Gasteiger partial charge in [0.15, 0.2) is 5.78 Å². The Morgan fingerprint density at radius 3 is 2.36 bits per heavy atom. The normalized spacial score (nSPS) is 16.9. The van der Waals surface area contributed by atoms with Gasteiger partial charge in [0.1, 0.15) is 5.76 Å². The van der Waals surface area contributed by atoms with Crippen LogP contribution in [0.3, 0.4) is 0 Å². The minimum atomic E-state index is -0.463. The highest BCUT2D eigenvalue weighted by Crippen LogP contribution is 2.35. The summed E-state index contributed by atoms with van der Waals surface area (Å²) >= 11 is 0. The Kier molecular flexibility index (Phi) is 5.06. The molecule has 0 bridgehead atoms. The number of hydrogen-bond donors (Lipinski definition) is 0. The molecule has 1 aliphatic heterocycles. The SMILES string of the molecule is N#CCCC1CC(C(=O)c2ccccc2)=C(c2ccccc2)OC1=O. The zero-order valence-electron chi connectivity index (χ0n) is 13.6. The van der Waals surface area contributed by atoms with Gasteiger partial charge in [0.25, 0.3) is 0 Å². The first kappa shape index (κ1) is 16.7. The van der Waals surface area contributed by atoms with Crippen LogP contribution in [-0.2, 0) is 9.53 Å². The predicted octanol–water partition coefficient (Wildman–Crippen LogP) is 4.15. The van der Waals surface area contributed by atoms with Crippen molar-refractivity contribution in [2.45, 2.75) is 19.3 Å². The molecule has 0 fully saturated rings. The summed E-state index contributed by atoms with van der Waals surface area (Å²) in [6.07, 6.45) is 0.939. The lowest BCUT2D eigenvalue weighted by Crippen LogP contribution is -2.26. The maximum absolute atomic E-state index is 13.0. The molecule has 0 saturated heterocycles. The molecule has 0 N–H and O–H groups in total. The highest BCUT2D eigenvalue weighted by atomic mass is 16.5. The molecule has 0 amide bonds. The number of carbonyl (C=O) groups excluding carboxylic acids is 2. The van der Waals surface area contributed by atoms with Crippen LogP contribution >= 0.6 is 0 Å². The van der Waals surface area contributed by atoms with Crippen LogP contribution < -0.4 is 0 Å². The fourth-order valence-corrected chi connectivity index (χ4v) is 2.91. The van der Waals surface area contributed by atoms with Crippen molar-refractivity contribution < 1.29 is 14.3 Å². The van der Waals surface area contributed by atoms with Crippen LogP contribution in [-0.4, -0.2) is 11.8 Å². The van der Waals surface area contributed by atoms with Crippen molar-refractivity contribution in [3.63, 3.8) is 0 Å². The second-order valence-corrected chi connectivity index (χ2v) is 5.89. The number of hydrogen-bond acceptors (Lipinski definition) is 4. The number of carbonyl (C=O) groups is 2. The molecule has 0 radical (unpaired) electrons. The maximum Gasteiger partial charge on any atom is 0.314 e. The largest absolute Gasteiger partial charge is 0.425 e. The molecular weight excluding hydrogens is 314 g/mol. The van der Waals surface area contributed by atoms with Crippen molar-refractivity contribution in [1.29, 1.82) is 5.26 Å². The Hall–Kier alpha value is -3.19. The van der Waals surface area contributed by atoms with E-state index in [9.17, 15) is 9.59 Å². The van der Waals surface area contributed by atoms with Crippen LogP contribution in [0.5, 0.6) is 0 Å². The Morgan fingerprint density at radius 1 is 1.08 bits per heavy atom. The molecule has 1 unspecified atom stereocenters. The molecule has 124 valence electrons. The number of ether oxygens (including phenoxy) is 1. The zero-order valence-corrected chi connectivity index (χ0v) is 13.6. The Labute approximate surface area is 146 Å². The Balaban J connectivity index is 2.03. The van der Waals surface area contributed by atoms with Crippen molar-refractivity contribution in [2.24, 2.45) is 5.92 Å². The molecule has 25 heavy (non-hydrogen) atoms. The van der Waals surface area contributed by atoms with Gasteiger partial charge in [-0.15, -0.1) is 0 Å². The average Bonchev–Trinajstić information content (AvgIpc) is 2.67. The minimum Gasteiger partial charge on any atom is -0.425 e. The second-order valence-electron chi connectivity index (χ2n) is 5.89. The van der Waals surface area contributed by atoms with Gasteiger partial charge in [-0.3, -0.25) is 9.59 Å². The van der Waals surface area contributed by atoms with E-state index in [0.717, 1.165) is 0 Å². The van der Waals surface area contributed by atoms with Gasteiger partial charge in [0.05, 0.1) is 12.0 Å². The number of esters is 1. The van der Waals surface area contributed by atoms with Crippen LogP contribution in [0.2, 0.25) is 0 Å².